The second-order valence-electron chi connectivity index (χ2n) is 4.41. The summed E-state index contributed by atoms with van der Waals surface area (Å²) in [6.45, 7) is 1.96. The second-order valence-corrected chi connectivity index (χ2v) is 4.41. The zero-order valence-electron chi connectivity index (χ0n) is 10.1. The van der Waals surface area contributed by atoms with Crippen molar-refractivity contribution in [3.05, 3.63) is 60.2 Å². The molecule has 0 aliphatic heterocycles. The van der Waals surface area contributed by atoms with Crippen molar-refractivity contribution >= 4 is 10.9 Å². The van der Waals surface area contributed by atoms with Crippen molar-refractivity contribution in [2.75, 3.05) is 0 Å². The van der Waals surface area contributed by atoms with Gasteiger partial charge >= 0.3 is 0 Å². The van der Waals surface area contributed by atoms with Crippen molar-refractivity contribution in [1.82, 2.24) is 4.98 Å². The first-order valence-corrected chi connectivity index (χ1v) is 5.90. The Bertz CT molecular complexity index is 719. The number of hydrogen-bond donors (Lipinski definition) is 1. The predicted molar refractivity (Wildman–Crippen MR) is 73.6 cm³/mol. The SMILES string of the molecule is Cc1ccc(-c2ccc3ccccc3n2)c(O)c1. The molecule has 0 spiro atoms. The van der Waals surface area contributed by atoms with E-state index >= 15 is 0 Å². The van der Waals surface area contributed by atoms with E-state index in [1.54, 1.807) is 6.07 Å². The van der Waals surface area contributed by atoms with E-state index in [4.69, 9.17) is 0 Å². The molecular weight excluding hydrogens is 222 g/mol. The van der Waals surface area contributed by atoms with Crippen LogP contribution in [-0.2, 0) is 0 Å². The fourth-order valence-electron chi connectivity index (χ4n) is 2.07. The molecule has 0 radical (unpaired) electrons. The number of benzene rings is 2. The fraction of sp³-hybridized carbons (Fsp3) is 0.0625. The molecule has 0 aliphatic carbocycles. The van der Waals surface area contributed by atoms with Crippen LogP contribution in [0, 0.1) is 6.92 Å². The molecule has 0 unspecified atom stereocenters. The van der Waals surface area contributed by atoms with Gasteiger partial charge in [0.1, 0.15) is 5.75 Å². The summed E-state index contributed by atoms with van der Waals surface area (Å²) in [4.78, 5) is 4.58. The van der Waals surface area contributed by atoms with E-state index in [1.165, 1.54) is 0 Å². The molecule has 0 saturated heterocycles. The third kappa shape index (κ3) is 1.82. The molecule has 2 aromatic carbocycles. The second kappa shape index (κ2) is 4.15. The van der Waals surface area contributed by atoms with Crippen LogP contribution in [0.5, 0.6) is 5.75 Å². The molecule has 0 amide bonds. The Morgan fingerprint density at radius 2 is 1.78 bits per heavy atom. The number of aromatic hydroxyl groups is 1. The smallest absolute Gasteiger partial charge is 0.125 e. The Morgan fingerprint density at radius 3 is 2.61 bits per heavy atom. The van der Waals surface area contributed by atoms with Gasteiger partial charge in [-0.2, -0.15) is 0 Å². The molecule has 0 bridgehead atoms. The summed E-state index contributed by atoms with van der Waals surface area (Å²) in [5.74, 6) is 0.276. The predicted octanol–water partition coefficient (Wildman–Crippen LogP) is 3.92. The molecule has 0 fully saturated rings. The maximum absolute atomic E-state index is 9.98. The van der Waals surface area contributed by atoms with Gasteiger partial charge < -0.3 is 5.11 Å². The van der Waals surface area contributed by atoms with E-state index in [0.29, 0.717) is 0 Å². The van der Waals surface area contributed by atoms with Crippen LogP contribution in [0.2, 0.25) is 0 Å². The lowest BCUT2D eigenvalue weighted by atomic mass is 10.1. The summed E-state index contributed by atoms with van der Waals surface area (Å²) in [6.07, 6.45) is 0. The molecule has 0 aliphatic rings. The number of nitrogens with zero attached hydrogens (tertiary/aromatic N) is 1. The van der Waals surface area contributed by atoms with Crippen LogP contribution in [0.1, 0.15) is 5.56 Å². The van der Waals surface area contributed by atoms with E-state index in [9.17, 15) is 5.11 Å². The Hall–Kier alpha value is -2.35. The Balaban J connectivity index is 2.19. The third-order valence-corrected chi connectivity index (χ3v) is 3.03. The molecule has 2 heteroatoms. The van der Waals surface area contributed by atoms with Crippen molar-refractivity contribution < 1.29 is 5.11 Å². The molecule has 88 valence electrons. The minimum atomic E-state index is 0.276. The van der Waals surface area contributed by atoms with Crippen LogP contribution < -0.4 is 0 Å². The maximum Gasteiger partial charge on any atom is 0.125 e. The summed E-state index contributed by atoms with van der Waals surface area (Å²) in [6, 6.07) is 17.6. The van der Waals surface area contributed by atoms with Gasteiger partial charge in [0.05, 0.1) is 11.2 Å². The van der Waals surface area contributed by atoms with E-state index in [0.717, 1.165) is 27.7 Å². The largest absolute Gasteiger partial charge is 0.507 e. The monoisotopic (exact) mass is 235 g/mol. The number of aryl methyl sites for hydroxylation is 1. The average Bonchev–Trinajstić information content (AvgIpc) is 2.38. The highest BCUT2D eigenvalue weighted by molar-refractivity contribution is 5.82. The maximum atomic E-state index is 9.98. The van der Waals surface area contributed by atoms with Gasteiger partial charge in [-0.25, -0.2) is 4.98 Å². The topological polar surface area (TPSA) is 33.1 Å². The van der Waals surface area contributed by atoms with Gasteiger partial charge in [-0.3, -0.25) is 0 Å². The number of fused-ring (bicyclic) bond motifs is 1. The zero-order chi connectivity index (χ0) is 12.5. The fourth-order valence-corrected chi connectivity index (χ4v) is 2.07. The van der Waals surface area contributed by atoms with Crippen LogP contribution in [0.3, 0.4) is 0 Å². The number of aromatic nitrogens is 1. The minimum Gasteiger partial charge on any atom is -0.507 e. The summed E-state index contributed by atoms with van der Waals surface area (Å²) >= 11 is 0. The first kappa shape index (κ1) is 10.8. The van der Waals surface area contributed by atoms with Crippen LogP contribution in [-0.4, -0.2) is 10.1 Å². The quantitative estimate of drug-likeness (QED) is 0.693. The summed E-state index contributed by atoms with van der Waals surface area (Å²) in [5, 5.41) is 11.1. The lowest BCUT2D eigenvalue weighted by Gasteiger charge is -2.06. The Kier molecular flexibility index (Phi) is 2.49. The highest BCUT2D eigenvalue weighted by Gasteiger charge is 2.06. The van der Waals surface area contributed by atoms with Crippen molar-refractivity contribution in [2.45, 2.75) is 6.92 Å². The first-order valence-electron chi connectivity index (χ1n) is 5.90. The van der Waals surface area contributed by atoms with E-state index in [-0.39, 0.29) is 5.75 Å². The lowest BCUT2D eigenvalue weighted by Crippen LogP contribution is -1.86. The van der Waals surface area contributed by atoms with Crippen molar-refractivity contribution in [1.29, 1.82) is 0 Å². The Labute approximate surface area is 106 Å². The molecule has 3 aromatic rings. The lowest BCUT2D eigenvalue weighted by molar-refractivity contribution is 0.476. The molecule has 18 heavy (non-hydrogen) atoms. The standard InChI is InChI=1S/C16H13NO/c1-11-6-8-13(16(18)10-11)15-9-7-12-4-2-3-5-14(12)17-15/h2-10,18H,1H3. The van der Waals surface area contributed by atoms with Crippen LogP contribution in [0.25, 0.3) is 22.2 Å². The van der Waals surface area contributed by atoms with Gasteiger partial charge in [0.2, 0.25) is 0 Å². The number of phenolic OH excluding ortho intramolecular Hbond substituents is 1. The van der Waals surface area contributed by atoms with Gasteiger partial charge in [-0.15, -0.1) is 0 Å². The number of hydrogen-bond acceptors (Lipinski definition) is 2. The zero-order valence-corrected chi connectivity index (χ0v) is 10.1. The van der Waals surface area contributed by atoms with E-state index in [2.05, 4.69) is 4.98 Å². The molecule has 0 atom stereocenters. The van der Waals surface area contributed by atoms with Crippen LogP contribution in [0.4, 0.5) is 0 Å². The minimum absolute atomic E-state index is 0.276. The molecule has 0 saturated carbocycles. The highest BCUT2D eigenvalue weighted by Crippen LogP contribution is 2.29. The molecule has 1 aromatic heterocycles. The Morgan fingerprint density at radius 1 is 0.944 bits per heavy atom. The average molecular weight is 235 g/mol. The van der Waals surface area contributed by atoms with Gasteiger partial charge in [0.25, 0.3) is 0 Å². The van der Waals surface area contributed by atoms with Gasteiger partial charge in [0, 0.05) is 10.9 Å². The van der Waals surface area contributed by atoms with E-state index in [1.807, 2.05) is 55.5 Å². The van der Waals surface area contributed by atoms with Crippen molar-refractivity contribution in [3.8, 4) is 17.0 Å². The van der Waals surface area contributed by atoms with Crippen LogP contribution in [0.15, 0.2) is 54.6 Å². The molecule has 3 rings (SSSR count). The molecule has 1 N–H and O–H groups in total. The van der Waals surface area contributed by atoms with Crippen LogP contribution >= 0.6 is 0 Å². The molecule has 1 heterocycles. The van der Waals surface area contributed by atoms with Crippen molar-refractivity contribution in [2.24, 2.45) is 0 Å². The molecule has 2 nitrogen and oxygen atoms in total. The number of pyridine rings is 1. The number of rotatable bonds is 1. The summed E-state index contributed by atoms with van der Waals surface area (Å²) in [5.41, 5.74) is 3.55. The molecular formula is C16H13NO. The van der Waals surface area contributed by atoms with Crippen molar-refractivity contribution in [3.63, 3.8) is 0 Å². The van der Waals surface area contributed by atoms with Gasteiger partial charge in [-0.05, 0) is 36.8 Å². The third-order valence-electron chi connectivity index (χ3n) is 3.03. The summed E-state index contributed by atoms with van der Waals surface area (Å²) in [7, 11) is 0. The van der Waals surface area contributed by atoms with E-state index < -0.39 is 0 Å². The number of para-hydroxylation sites is 1. The van der Waals surface area contributed by atoms with Gasteiger partial charge in [0.15, 0.2) is 0 Å². The van der Waals surface area contributed by atoms with Gasteiger partial charge in [-0.1, -0.05) is 30.3 Å². The normalized spacial score (nSPS) is 10.7. The first-order chi connectivity index (χ1) is 8.74. The summed E-state index contributed by atoms with van der Waals surface area (Å²) < 4.78 is 0. The highest BCUT2D eigenvalue weighted by atomic mass is 16.3. The number of phenols is 1.